The fourth-order valence-corrected chi connectivity index (χ4v) is 2.87. The van der Waals surface area contributed by atoms with Crippen LogP contribution in [-0.2, 0) is 16.0 Å². The second kappa shape index (κ2) is 7.33. The molecule has 1 aromatic rings. The molecule has 0 aliphatic carbocycles. The van der Waals surface area contributed by atoms with Gasteiger partial charge in [0.2, 0.25) is 5.91 Å². The number of halogens is 2. The van der Waals surface area contributed by atoms with Gasteiger partial charge in [-0.05, 0) is 31.7 Å². The molecule has 0 radical (unpaired) electrons. The Morgan fingerprint density at radius 2 is 2.05 bits per heavy atom. The number of amides is 1. The molecule has 1 saturated heterocycles. The molecule has 22 heavy (non-hydrogen) atoms. The van der Waals surface area contributed by atoms with Crippen LogP contribution in [0.3, 0.4) is 0 Å². The molecule has 1 heterocycles. The molecule has 1 amide bonds. The highest BCUT2D eigenvalue weighted by molar-refractivity contribution is 5.79. The van der Waals surface area contributed by atoms with Crippen molar-refractivity contribution >= 4 is 11.9 Å². The van der Waals surface area contributed by atoms with Crippen molar-refractivity contribution in [3.05, 3.63) is 35.4 Å². The molecule has 6 heteroatoms. The van der Waals surface area contributed by atoms with E-state index in [1.54, 1.807) is 4.90 Å². The maximum Gasteiger partial charge on any atom is 0.303 e. The Morgan fingerprint density at radius 3 is 2.77 bits per heavy atom. The van der Waals surface area contributed by atoms with E-state index in [1.807, 2.05) is 0 Å². The highest BCUT2D eigenvalue weighted by atomic mass is 19.2. The zero-order valence-corrected chi connectivity index (χ0v) is 12.2. The Bertz CT molecular complexity index is 562. The fourth-order valence-electron chi connectivity index (χ4n) is 2.87. The van der Waals surface area contributed by atoms with Crippen LogP contribution in [0.15, 0.2) is 18.2 Å². The van der Waals surface area contributed by atoms with Gasteiger partial charge in [-0.15, -0.1) is 0 Å². The molecule has 1 atom stereocenters. The lowest BCUT2D eigenvalue weighted by Gasteiger charge is -2.35. The largest absolute Gasteiger partial charge is 0.481 e. The van der Waals surface area contributed by atoms with E-state index in [1.165, 1.54) is 12.1 Å². The number of benzene rings is 1. The highest BCUT2D eigenvalue weighted by Gasteiger charge is 2.27. The van der Waals surface area contributed by atoms with E-state index in [-0.39, 0.29) is 30.4 Å². The number of rotatable bonds is 5. The number of hydrogen-bond acceptors (Lipinski definition) is 2. The van der Waals surface area contributed by atoms with Crippen molar-refractivity contribution in [2.45, 2.75) is 44.6 Å². The number of nitrogens with zero attached hydrogens (tertiary/aromatic N) is 1. The summed E-state index contributed by atoms with van der Waals surface area (Å²) in [5.41, 5.74) is 0.0348. The van der Waals surface area contributed by atoms with Crippen LogP contribution in [0.25, 0.3) is 0 Å². The van der Waals surface area contributed by atoms with Crippen molar-refractivity contribution in [1.82, 2.24) is 4.90 Å². The summed E-state index contributed by atoms with van der Waals surface area (Å²) < 4.78 is 26.8. The van der Waals surface area contributed by atoms with Crippen LogP contribution in [0, 0.1) is 11.6 Å². The second-order valence-electron chi connectivity index (χ2n) is 5.56. The highest BCUT2D eigenvalue weighted by Crippen LogP contribution is 2.22. The second-order valence-corrected chi connectivity index (χ2v) is 5.56. The minimum Gasteiger partial charge on any atom is -0.481 e. The van der Waals surface area contributed by atoms with Gasteiger partial charge in [0.05, 0.1) is 6.42 Å². The molecular formula is C16H19F2NO3. The van der Waals surface area contributed by atoms with Gasteiger partial charge in [-0.1, -0.05) is 12.1 Å². The van der Waals surface area contributed by atoms with Crippen LogP contribution >= 0.6 is 0 Å². The average molecular weight is 311 g/mol. The molecule has 1 fully saturated rings. The first-order valence-electron chi connectivity index (χ1n) is 7.43. The van der Waals surface area contributed by atoms with Crippen LogP contribution in [-0.4, -0.2) is 34.5 Å². The quantitative estimate of drug-likeness (QED) is 0.909. The molecule has 0 saturated carbocycles. The zero-order valence-electron chi connectivity index (χ0n) is 12.2. The van der Waals surface area contributed by atoms with Crippen LogP contribution in [0.1, 0.15) is 37.7 Å². The van der Waals surface area contributed by atoms with E-state index < -0.39 is 17.6 Å². The van der Waals surface area contributed by atoms with Crippen LogP contribution in [0.2, 0.25) is 0 Å². The number of likely N-dealkylation sites (tertiary alicyclic amines) is 1. The van der Waals surface area contributed by atoms with Crippen molar-refractivity contribution in [2.75, 3.05) is 6.54 Å². The Balaban J connectivity index is 2.05. The summed E-state index contributed by atoms with van der Waals surface area (Å²) >= 11 is 0. The third-order valence-electron chi connectivity index (χ3n) is 4.01. The van der Waals surface area contributed by atoms with Gasteiger partial charge in [0.15, 0.2) is 11.6 Å². The van der Waals surface area contributed by atoms with Gasteiger partial charge in [-0.25, -0.2) is 8.78 Å². The maximum atomic E-state index is 13.7. The number of piperidine rings is 1. The topological polar surface area (TPSA) is 57.6 Å². The normalized spacial score (nSPS) is 18.3. The van der Waals surface area contributed by atoms with Gasteiger partial charge in [-0.3, -0.25) is 9.59 Å². The van der Waals surface area contributed by atoms with E-state index in [9.17, 15) is 18.4 Å². The van der Waals surface area contributed by atoms with Gasteiger partial charge < -0.3 is 10.0 Å². The summed E-state index contributed by atoms with van der Waals surface area (Å²) in [5, 5.41) is 8.78. The predicted molar refractivity (Wildman–Crippen MR) is 76.3 cm³/mol. The Hall–Kier alpha value is -1.98. The Kier molecular flexibility index (Phi) is 5.46. The first kappa shape index (κ1) is 16.4. The number of carbonyl (C=O) groups excluding carboxylic acids is 1. The number of carbonyl (C=O) groups is 2. The minimum atomic E-state index is -0.991. The molecule has 1 aliphatic rings. The minimum absolute atomic E-state index is 0.00275. The summed E-state index contributed by atoms with van der Waals surface area (Å²) in [6, 6.07) is 3.65. The van der Waals surface area contributed by atoms with Gasteiger partial charge >= 0.3 is 5.97 Å². The summed E-state index contributed by atoms with van der Waals surface area (Å²) in [6.45, 7) is 0.542. The molecule has 1 N–H and O–H groups in total. The van der Waals surface area contributed by atoms with Crippen LogP contribution in [0.4, 0.5) is 8.78 Å². The third kappa shape index (κ3) is 4.02. The van der Waals surface area contributed by atoms with Crippen molar-refractivity contribution in [2.24, 2.45) is 0 Å². The van der Waals surface area contributed by atoms with E-state index in [0.717, 1.165) is 25.3 Å². The molecule has 4 nitrogen and oxygen atoms in total. The third-order valence-corrected chi connectivity index (χ3v) is 4.01. The molecule has 0 aromatic heterocycles. The maximum absolute atomic E-state index is 13.7. The first-order valence-corrected chi connectivity index (χ1v) is 7.43. The van der Waals surface area contributed by atoms with Crippen LogP contribution < -0.4 is 0 Å². The monoisotopic (exact) mass is 311 g/mol. The van der Waals surface area contributed by atoms with Crippen LogP contribution in [0.5, 0.6) is 0 Å². The SMILES string of the molecule is O=C(O)CCC1CCCCN1C(=O)Cc1cccc(F)c1F. The molecule has 1 aromatic carbocycles. The van der Waals surface area contributed by atoms with E-state index in [2.05, 4.69) is 0 Å². The molecule has 2 rings (SSSR count). The number of hydrogen-bond donors (Lipinski definition) is 1. The van der Waals surface area contributed by atoms with E-state index >= 15 is 0 Å². The molecule has 120 valence electrons. The van der Waals surface area contributed by atoms with Crippen molar-refractivity contribution in [3.63, 3.8) is 0 Å². The molecular weight excluding hydrogens is 292 g/mol. The zero-order chi connectivity index (χ0) is 16.1. The van der Waals surface area contributed by atoms with Gasteiger partial charge in [-0.2, -0.15) is 0 Å². The van der Waals surface area contributed by atoms with Crippen molar-refractivity contribution in [1.29, 1.82) is 0 Å². The van der Waals surface area contributed by atoms with E-state index in [4.69, 9.17) is 5.11 Å². The smallest absolute Gasteiger partial charge is 0.303 e. The van der Waals surface area contributed by atoms with E-state index in [0.29, 0.717) is 13.0 Å². The first-order chi connectivity index (χ1) is 10.5. The van der Waals surface area contributed by atoms with Crippen molar-refractivity contribution in [3.8, 4) is 0 Å². The lowest BCUT2D eigenvalue weighted by Crippen LogP contribution is -2.44. The predicted octanol–water partition coefficient (Wildman–Crippen LogP) is 2.75. The van der Waals surface area contributed by atoms with Gasteiger partial charge in [0.1, 0.15) is 0 Å². The van der Waals surface area contributed by atoms with Crippen molar-refractivity contribution < 1.29 is 23.5 Å². The van der Waals surface area contributed by atoms with Gasteiger partial charge in [0, 0.05) is 24.6 Å². The molecule has 0 bridgehead atoms. The fraction of sp³-hybridized carbons (Fsp3) is 0.500. The lowest BCUT2D eigenvalue weighted by molar-refractivity contribution is -0.139. The average Bonchev–Trinajstić information content (AvgIpc) is 2.50. The lowest BCUT2D eigenvalue weighted by atomic mass is 9.97. The summed E-state index contributed by atoms with van der Waals surface area (Å²) in [5.74, 6) is -3.13. The summed E-state index contributed by atoms with van der Waals surface area (Å²) in [4.78, 5) is 24.7. The Morgan fingerprint density at radius 1 is 1.27 bits per heavy atom. The number of carboxylic acid groups (broad SMARTS) is 1. The molecule has 1 unspecified atom stereocenters. The molecule has 1 aliphatic heterocycles. The summed E-state index contributed by atoms with van der Waals surface area (Å²) in [7, 11) is 0. The molecule has 0 spiro atoms. The number of aliphatic carboxylic acids is 1. The summed E-state index contributed by atoms with van der Waals surface area (Å²) in [6.07, 6.45) is 2.75. The standard InChI is InChI=1S/C16H19F2NO3/c17-13-6-3-4-11(16(13)18)10-14(20)19-9-2-1-5-12(19)7-8-15(21)22/h3-4,6,12H,1-2,5,7-10H2,(H,21,22). The van der Waals surface area contributed by atoms with Gasteiger partial charge in [0.25, 0.3) is 0 Å². The Labute approximate surface area is 127 Å². The number of carboxylic acids is 1.